The molecule has 0 saturated heterocycles. The summed E-state index contributed by atoms with van der Waals surface area (Å²) in [6.45, 7) is 4.36. The lowest BCUT2D eigenvalue weighted by Crippen LogP contribution is -2.09. The highest BCUT2D eigenvalue weighted by atomic mass is 19.4. The largest absolute Gasteiger partial charge is 0.433 e. The van der Waals surface area contributed by atoms with E-state index >= 15 is 0 Å². The number of unbranched alkanes of at least 4 members (excludes halogenated alkanes) is 6. The lowest BCUT2D eigenvalue weighted by atomic mass is 9.89. The molecule has 0 aliphatic carbocycles. The van der Waals surface area contributed by atoms with Crippen LogP contribution in [0, 0.1) is 0 Å². The third-order valence-electron chi connectivity index (χ3n) is 4.36. The van der Waals surface area contributed by atoms with E-state index in [1.54, 1.807) is 6.07 Å². The van der Waals surface area contributed by atoms with Crippen LogP contribution in [0.4, 0.5) is 13.2 Å². The second-order valence-corrected chi connectivity index (χ2v) is 6.37. The molecule has 1 aromatic heterocycles. The van der Waals surface area contributed by atoms with Gasteiger partial charge in [-0.15, -0.1) is 0 Å². The van der Waals surface area contributed by atoms with E-state index in [-0.39, 0.29) is 0 Å². The summed E-state index contributed by atoms with van der Waals surface area (Å²) in [5, 5.41) is 0. The van der Waals surface area contributed by atoms with Crippen molar-refractivity contribution < 1.29 is 13.2 Å². The molecule has 0 aliphatic heterocycles. The summed E-state index contributed by atoms with van der Waals surface area (Å²) >= 11 is 0. The first-order valence-corrected chi connectivity index (χ1v) is 9.02. The van der Waals surface area contributed by atoms with Gasteiger partial charge in [-0.3, -0.25) is 4.98 Å². The maximum atomic E-state index is 12.6. The Labute approximate surface area is 138 Å². The van der Waals surface area contributed by atoms with Gasteiger partial charge in [0.15, 0.2) is 0 Å². The van der Waals surface area contributed by atoms with E-state index in [9.17, 15) is 13.2 Å². The highest BCUT2D eigenvalue weighted by molar-refractivity contribution is 5.19. The van der Waals surface area contributed by atoms with Crippen LogP contribution in [0.2, 0.25) is 0 Å². The molecular formula is C19H30F3N. The number of hydrogen-bond donors (Lipinski definition) is 0. The Morgan fingerprint density at radius 3 is 1.96 bits per heavy atom. The van der Waals surface area contributed by atoms with E-state index in [0.717, 1.165) is 43.7 Å². The average molecular weight is 329 g/mol. The second-order valence-electron chi connectivity index (χ2n) is 6.37. The van der Waals surface area contributed by atoms with Crippen molar-refractivity contribution in [2.24, 2.45) is 0 Å². The highest BCUT2D eigenvalue weighted by Gasteiger charge is 2.32. The topological polar surface area (TPSA) is 12.9 Å². The van der Waals surface area contributed by atoms with Gasteiger partial charge in [0.2, 0.25) is 0 Å². The molecule has 1 rings (SSSR count). The van der Waals surface area contributed by atoms with Crippen molar-refractivity contribution >= 4 is 0 Å². The zero-order chi connectivity index (χ0) is 17.1. The van der Waals surface area contributed by atoms with Crippen molar-refractivity contribution in [2.75, 3.05) is 0 Å². The van der Waals surface area contributed by atoms with Gasteiger partial charge in [-0.25, -0.2) is 0 Å². The molecule has 1 aromatic rings. The van der Waals surface area contributed by atoms with Gasteiger partial charge in [-0.05, 0) is 30.4 Å². The lowest BCUT2D eigenvalue weighted by molar-refractivity contribution is -0.141. The van der Waals surface area contributed by atoms with E-state index in [2.05, 4.69) is 18.8 Å². The zero-order valence-corrected chi connectivity index (χ0v) is 14.5. The van der Waals surface area contributed by atoms with Crippen molar-refractivity contribution in [1.82, 2.24) is 4.98 Å². The van der Waals surface area contributed by atoms with Crippen LogP contribution in [0.15, 0.2) is 18.3 Å². The smallest absolute Gasteiger partial charge is 0.251 e. The van der Waals surface area contributed by atoms with E-state index in [4.69, 9.17) is 0 Å². The molecule has 0 bridgehead atoms. The van der Waals surface area contributed by atoms with Gasteiger partial charge in [0.1, 0.15) is 5.69 Å². The number of aromatic nitrogens is 1. The molecule has 0 saturated carbocycles. The van der Waals surface area contributed by atoms with Gasteiger partial charge in [0.05, 0.1) is 0 Å². The molecule has 4 heteroatoms. The van der Waals surface area contributed by atoms with Crippen molar-refractivity contribution in [2.45, 2.75) is 90.1 Å². The fourth-order valence-electron chi connectivity index (χ4n) is 2.93. The predicted octanol–water partition coefficient (Wildman–Crippen LogP) is 7.12. The minimum Gasteiger partial charge on any atom is -0.251 e. The summed E-state index contributed by atoms with van der Waals surface area (Å²) in [4.78, 5) is 3.63. The Kier molecular flexibility index (Phi) is 9.27. The fourth-order valence-corrected chi connectivity index (χ4v) is 2.93. The monoisotopic (exact) mass is 329 g/mol. The minimum atomic E-state index is -4.35. The van der Waals surface area contributed by atoms with E-state index in [1.165, 1.54) is 38.3 Å². The third kappa shape index (κ3) is 7.85. The fraction of sp³-hybridized carbons (Fsp3) is 0.737. The second kappa shape index (κ2) is 10.7. The van der Waals surface area contributed by atoms with Crippen LogP contribution >= 0.6 is 0 Å². The number of alkyl halides is 3. The summed E-state index contributed by atoms with van der Waals surface area (Å²) in [7, 11) is 0. The predicted molar refractivity (Wildman–Crippen MR) is 89.5 cm³/mol. The van der Waals surface area contributed by atoms with Crippen LogP contribution in [0.3, 0.4) is 0 Å². The minimum absolute atomic E-state index is 0.345. The first kappa shape index (κ1) is 20.0. The summed E-state index contributed by atoms with van der Waals surface area (Å²) in [6, 6.07) is 2.75. The summed E-state index contributed by atoms with van der Waals surface area (Å²) in [6.07, 6.45) is 8.78. The van der Waals surface area contributed by atoms with Gasteiger partial charge in [0.25, 0.3) is 0 Å². The van der Waals surface area contributed by atoms with E-state index < -0.39 is 11.9 Å². The van der Waals surface area contributed by atoms with Crippen molar-refractivity contribution in [3.05, 3.63) is 29.6 Å². The molecule has 0 aliphatic rings. The van der Waals surface area contributed by atoms with Crippen molar-refractivity contribution in [3.63, 3.8) is 0 Å². The average Bonchev–Trinajstić information content (AvgIpc) is 2.52. The molecule has 1 atom stereocenters. The van der Waals surface area contributed by atoms with Crippen LogP contribution in [-0.4, -0.2) is 4.98 Å². The number of hydrogen-bond acceptors (Lipinski definition) is 1. The Morgan fingerprint density at radius 2 is 1.43 bits per heavy atom. The van der Waals surface area contributed by atoms with Gasteiger partial charge in [-0.1, -0.05) is 71.3 Å². The zero-order valence-electron chi connectivity index (χ0n) is 14.5. The van der Waals surface area contributed by atoms with E-state index in [1.807, 2.05) is 0 Å². The van der Waals surface area contributed by atoms with Crippen LogP contribution in [-0.2, 0) is 6.18 Å². The number of rotatable bonds is 11. The van der Waals surface area contributed by atoms with Gasteiger partial charge in [0, 0.05) is 6.20 Å². The number of nitrogens with zero attached hydrogens (tertiary/aromatic N) is 1. The SMILES string of the molecule is CCCCCCCC(CCCCC)c1ccc(C(F)(F)F)nc1. The van der Waals surface area contributed by atoms with E-state index in [0.29, 0.717) is 5.92 Å². The summed E-state index contributed by atoms with van der Waals surface area (Å²) in [5.41, 5.74) is 0.168. The maximum absolute atomic E-state index is 12.6. The molecule has 132 valence electrons. The number of pyridine rings is 1. The molecule has 0 fully saturated rings. The first-order chi connectivity index (χ1) is 11.0. The van der Waals surface area contributed by atoms with Crippen molar-refractivity contribution in [1.29, 1.82) is 0 Å². The molecule has 1 heterocycles. The molecule has 0 amide bonds. The first-order valence-electron chi connectivity index (χ1n) is 9.02. The lowest BCUT2D eigenvalue weighted by Gasteiger charge is -2.18. The quantitative estimate of drug-likeness (QED) is 0.394. The summed E-state index contributed by atoms with van der Waals surface area (Å²) < 4.78 is 37.9. The molecule has 0 N–H and O–H groups in total. The molecule has 23 heavy (non-hydrogen) atoms. The molecule has 1 nitrogen and oxygen atoms in total. The van der Waals surface area contributed by atoms with Gasteiger partial charge in [-0.2, -0.15) is 13.2 Å². The molecule has 0 aromatic carbocycles. The Morgan fingerprint density at radius 1 is 0.870 bits per heavy atom. The molecular weight excluding hydrogens is 299 g/mol. The van der Waals surface area contributed by atoms with Gasteiger partial charge < -0.3 is 0 Å². The Balaban J connectivity index is 2.62. The molecule has 0 spiro atoms. The van der Waals surface area contributed by atoms with Gasteiger partial charge >= 0.3 is 6.18 Å². The standard InChI is InChI=1S/C19H30F3N/c1-3-5-7-8-10-12-16(11-9-6-4-2)17-13-14-18(23-15-17)19(20,21)22/h13-16H,3-12H2,1-2H3. The van der Waals surface area contributed by atoms with Crippen molar-refractivity contribution in [3.8, 4) is 0 Å². The molecule has 1 unspecified atom stereocenters. The number of halogens is 3. The normalized spacial score (nSPS) is 13.3. The third-order valence-corrected chi connectivity index (χ3v) is 4.36. The summed E-state index contributed by atoms with van der Waals surface area (Å²) in [5.74, 6) is 0.345. The van der Waals surface area contributed by atoms with Crippen LogP contribution < -0.4 is 0 Å². The van der Waals surface area contributed by atoms with Crippen LogP contribution in [0.25, 0.3) is 0 Å². The van der Waals surface area contributed by atoms with Crippen LogP contribution in [0.1, 0.15) is 95.2 Å². The highest BCUT2D eigenvalue weighted by Crippen LogP contribution is 2.31. The van der Waals surface area contributed by atoms with Crippen LogP contribution in [0.5, 0.6) is 0 Å². The Hall–Kier alpha value is -1.06. The Bertz CT molecular complexity index is 412. The molecule has 0 radical (unpaired) electrons. The maximum Gasteiger partial charge on any atom is 0.433 e.